The molecule has 1 aromatic carbocycles. The summed E-state index contributed by atoms with van der Waals surface area (Å²) < 4.78 is 13.8. The van der Waals surface area contributed by atoms with Gasteiger partial charge in [0, 0.05) is 19.1 Å². The normalized spacial score (nSPS) is 23.0. The minimum absolute atomic E-state index is 0.0844. The molecule has 0 aliphatic carbocycles. The molecule has 0 saturated carbocycles. The summed E-state index contributed by atoms with van der Waals surface area (Å²) in [6.07, 6.45) is 7.27. The van der Waals surface area contributed by atoms with Crippen LogP contribution in [0.2, 0.25) is 0 Å². The summed E-state index contributed by atoms with van der Waals surface area (Å²) in [5, 5.41) is 0. The molecular formula is C19H27FN2O. The first-order chi connectivity index (χ1) is 11.2. The first kappa shape index (κ1) is 16.4. The molecule has 2 heterocycles. The zero-order chi connectivity index (χ0) is 16.1. The smallest absolute Gasteiger partial charge is 0.227 e. The molecule has 0 N–H and O–H groups in total. The third-order valence-electron chi connectivity index (χ3n) is 5.16. The molecule has 0 spiro atoms. The Kier molecular flexibility index (Phi) is 5.65. The fourth-order valence-corrected chi connectivity index (χ4v) is 3.86. The maximum atomic E-state index is 13.8. The lowest BCUT2D eigenvalue weighted by Gasteiger charge is -2.33. The highest BCUT2D eigenvalue weighted by molar-refractivity contribution is 5.79. The third-order valence-corrected chi connectivity index (χ3v) is 5.16. The molecule has 3 nitrogen and oxygen atoms in total. The van der Waals surface area contributed by atoms with Crippen LogP contribution in [0.1, 0.15) is 44.1 Å². The van der Waals surface area contributed by atoms with Crippen LogP contribution in [0.3, 0.4) is 0 Å². The Labute approximate surface area is 138 Å². The number of nitrogens with zero attached hydrogens (tertiary/aromatic N) is 2. The Morgan fingerprint density at radius 3 is 2.57 bits per heavy atom. The second kappa shape index (κ2) is 7.91. The fourth-order valence-electron chi connectivity index (χ4n) is 3.86. The van der Waals surface area contributed by atoms with E-state index in [9.17, 15) is 9.18 Å². The Balaban J connectivity index is 1.68. The molecule has 1 amide bonds. The molecule has 1 aromatic rings. The molecule has 4 heteroatoms. The van der Waals surface area contributed by atoms with Gasteiger partial charge in [-0.1, -0.05) is 31.0 Å². The average Bonchev–Trinajstić information content (AvgIpc) is 2.94. The summed E-state index contributed by atoms with van der Waals surface area (Å²) in [7, 11) is 0. The molecule has 2 aliphatic heterocycles. The van der Waals surface area contributed by atoms with E-state index < -0.39 is 0 Å². The second-order valence-corrected chi connectivity index (χ2v) is 6.87. The molecular weight excluding hydrogens is 291 g/mol. The van der Waals surface area contributed by atoms with Gasteiger partial charge in [0.1, 0.15) is 5.82 Å². The second-order valence-electron chi connectivity index (χ2n) is 6.87. The molecule has 2 saturated heterocycles. The summed E-state index contributed by atoms with van der Waals surface area (Å²) in [4.78, 5) is 17.3. The van der Waals surface area contributed by atoms with Crippen molar-refractivity contribution in [3.63, 3.8) is 0 Å². The monoisotopic (exact) mass is 318 g/mol. The number of hydrogen-bond donors (Lipinski definition) is 0. The van der Waals surface area contributed by atoms with Crippen LogP contribution in [0.5, 0.6) is 0 Å². The van der Waals surface area contributed by atoms with Crippen LogP contribution in [-0.4, -0.2) is 47.9 Å². The van der Waals surface area contributed by atoms with Crippen molar-refractivity contribution in [1.82, 2.24) is 9.80 Å². The zero-order valence-electron chi connectivity index (χ0n) is 13.8. The summed E-state index contributed by atoms with van der Waals surface area (Å²) in [6.45, 7) is 4.13. The van der Waals surface area contributed by atoms with Crippen molar-refractivity contribution < 1.29 is 9.18 Å². The number of carbonyl (C=O) groups excluding carboxylic acids is 1. The van der Waals surface area contributed by atoms with Crippen LogP contribution in [0.25, 0.3) is 0 Å². The van der Waals surface area contributed by atoms with E-state index in [2.05, 4.69) is 4.90 Å². The Morgan fingerprint density at radius 2 is 1.78 bits per heavy atom. The van der Waals surface area contributed by atoms with Crippen LogP contribution in [0, 0.1) is 5.82 Å². The number of likely N-dealkylation sites (tertiary alicyclic amines) is 2. The largest absolute Gasteiger partial charge is 0.338 e. The van der Waals surface area contributed by atoms with E-state index in [1.165, 1.54) is 31.7 Å². The minimum atomic E-state index is -0.272. The highest BCUT2D eigenvalue weighted by Crippen LogP contribution is 2.21. The van der Waals surface area contributed by atoms with E-state index in [0.29, 0.717) is 11.6 Å². The van der Waals surface area contributed by atoms with Gasteiger partial charge in [-0.15, -0.1) is 0 Å². The van der Waals surface area contributed by atoms with Crippen molar-refractivity contribution >= 4 is 5.91 Å². The maximum Gasteiger partial charge on any atom is 0.227 e. The Hall–Kier alpha value is -1.42. The number of benzene rings is 1. The maximum absolute atomic E-state index is 13.8. The van der Waals surface area contributed by atoms with E-state index in [1.807, 2.05) is 4.90 Å². The van der Waals surface area contributed by atoms with Crippen LogP contribution < -0.4 is 0 Å². The van der Waals surface area contributed by atoms with Gasteiger partial charge in [0.05, 0.1) is 6.42 Å². The van der Waals surface area contributed by atoms with Gasteiger partial charge >= 0.3 is 0 Å². The number of amides is 1. The van der Waals surface area contributed by atoms with Gasteiger partial charge in [0.2, 0.25) is 5.91 Å². The van der Waals surface area contributed by atoms with E-state index in [4.69, 9.17) is 0 Å². The first-order valence-electron chi connectivity index (χ1n) is 8.99. The van der Waals surface area contributed by atoms with E-state index in [1.54, 1.807) is 18.2 Å². The lowest BCUT2D eigenvalue weighted by Crippen LogP contribution is -2.46. The van der Waals surface area contributed by atoms with Crippen molar-refractivity contribution in [2.45, 2.75) is 51.0 Å². The molecule has 0 bridgehead atoms. The van der Waals surface area contributed by atoms with Crippen molar-refractivity contribution in [2.24, 2.45) is 0 Å². The molecule has 1 atom stereocenters. The number of rotatable bonds is 4. The Bertz CT molecular complexity index is 528. The summed E-state index contributed by atoms with van der Waals surface area (Å²) in [6, 6.07) is 6.93. The van der Waals surface area contributed by atoms with Gasteiger partial charge in [-0.05, 0) is 50.4 Å². The predicted octanol–water partition coefficient (Wildman–Crippen LogP) is 3.24. The van der Waals surface area contributed by atoms with Gasteiger partial charge in [0.25, 0.3) is 0 Å². The van der Waals surface area contributed by atoms with Crippen molar-refractivity contribution in [1.29, 1.82) is 0 Å². The molecule has 0 radical (unpaired) electrons. The molecule has 2 fully saturated rings. The highest BCUT2D eigenvalue weighted by Gasteiger charge is 2.28. The third kappa shape index (κ3) is 4.31. The van der Waals surface area contributed by atoms with Gasteiger partial charge in [-0.3, -0.25) is 4.79 Å². The summed E-state index contributed by atoms with van der Waals surface area (Å²) >= 11 is 0. The molecule has 126 valence electrons. The molecule has 0 aromatic heterocycles. The number of hydrogen-bond acceptors (Lipinski definition) is 2. The number of carbonyl (C=O) groups is 1. The Morgan fingerprint density at radius 1 is 1.04 bits per heavy atom. The van der Waals surface area contributed by atoms with E-state index in [0.717, 1.165) is 39.0 Å². The van der Waals surface area contributed by atoms with Gasteiger partial charge in [0.15, 0.2) is 0 Å². The van der Waals surface area contributed by atoms with Crippen molar-refractivity contribution in [2.75, 3.05) is 26.2 Å². The van der Waals surface area contributed by atoms with Crippen LogP contribution in [-0.2, 0) is 11.2 Å². The van der Waals surface area contributed by atoms with Gasteiger partial charge in [-0.2, -0.15) is 0 Å². The fraction of sp³-hybridized carbons (Fsp3) is 0.632. The average molecular weight is 318 g/mol. The van der Waals surface area contributed by atoms with Crippen molar-refractivity contribution in [3.05, 3.63) is 35.6 Å². The highest BCUT2D eigenvalue weighted by atomic mass is 19.1. The zero-order valence-corrected chi connectivity index (χ0v) is 13.8. The minimum Gasteiger partial charge on any atom is -0.338 e. The van der Waals surface area contributed by atoms with Crippen molar-refractivity contribution in [3.8, 4) is 0 Å². The van der Waals surface area contributed by atoms with Crippen LogP contribution in [0.15, 0.2) is 24.3 Å². The van der Waals surface area contributed by atoms with Crippen LogP contribution in [0.4, 0.5) is 4.39 Å². The lowest BCUT2D eigenvalue weighted by atomic mass is 10.1. The molecule has 23 heavy (non-hydrogen) atoms. The molecule has 1 unspecified atom stereocenters. The lowest BCUT2D eigenvalue weighted by molar-refractivity contribution is -0.133. The van der Waals surface area contributed by atoms with Gasteiger partial charge < -0.3 is 9.80 Å². The van der Waals surface area contributed by atoms with Crippen LogP contribution >= 0.6 is 0 Å². The topological polar surface area (TPSA) is 23.6 Å². The predicted molar refractivity (Wildman–Crippen MR) is 89.7 cm³/mol. The number of halogens is 1. The molecule has 2 aliphatic rings. The van der Waals surface area contributed by atoms with E-state index >= 15 is 0 Å². The molecule has 3 rings (SSSR count). The SMILES string of the molecule is O=C(Cc1ccccc1F)N1CCCCCC1CN1CCCC1. The quantitative estimate of drug-likeness (QED) is 0.851. The summed E-state index contributed by atoms with van der Waals surface area (Å²) in [5.41, 5.74) is 0.515. The summed E-state index contributed by atoms with van der Waals surface area (Å²) in [5.74, 6) is -0.187. The van der Waals surface area contributed by atoms with Gasteiger partial charge in [-0.25, -0.2) is 4.39 Å². The standard InChI is InChI=1S/C19H27FN2O/c20-18-10-4-3-8-16(18)14-19(23)22-13-5-1-2-9-17(22)15-21-11-6-7-12-21/h3-4,8,10,17H,1-2,5-7,9,11-15H2. The van der Waals surface area contributed by atoms with E-state index in [-0.39, 0.29) is 18.1 Å². The first-order valence-corrected chi connectivity index (χ1v) is 8.99.